The maximum Gasteiger partial charge on any atom is 0.319 e. The van der Waals surface area contributed by atoms with Gasteiger partial charge in [-0.25, -0.2) is 4.79 Å². The predicted octanol–water partition coefficient (Wildman–Crippen LogP) is 5.32. The third-order valence-corrected chi connectivity index (χ3v) is 7.69. The second-order valence-corrected chi connectivity index (χ2v) is 10.2. The van der Waals surface area contributed by atoms with Crippen molar-refractivity contribution in [3.05, 3.63) is 90.4 Å². The van der Waals surface area contributed by atoms with Crippen LogP contribution in [0.4, 0.5) is 10.5 Å². The number of amides is 3. The molecule has 5 rings (SSSR count). The molecule has 0 bridgehead atoms. The summed E-state index contributed by atoms with van der Waals surface area (Å²) in [6.45, 7) is 0.481. The third kappa shape index (κ3) is 6.22. The minimum Gasteiger partial charge on any atom is -0.497 e. The van der Waals surface area contributed by atoms with Gasteiger partial charge in [-0.2, -0.15) is 0 Å². The Morgan fingerprint density at radius 2 is 1.77 bits per heavy atom. The van der Waals surface area contributed by atoms with E-state index < -0.39 is 12.1 Å². The summed E-state index contributed by atoms with van der Waals surface area (Å²) in [5.41, 5.74) is 3.38. The molecule has 4 aromatic rings. The Kier molecular flexibility index (Phi) is 8.10. The summed E-state index contributed by atoms with van der Waals surface area (Å²) in [7, 11) is 1.59. The van der Waals surface area contributed by atoms with Crippen molar-refractivity contribution < 1.29 is 14.3 Å². The highest BCUT2D eigenvalue weighted by atomic mass is 16.5. The van der Waals surface area contributed by atoms with E-state index >= 15 is 0 Å². The first-order valence-corrected chi connectivity index (χ1v) is 13.5. The maximum absolute atomic E-state index is 13.7. The molecule has 0 aliphatic heterocycles. The number of carbonyl (C=O) groups excluding carboxylic acids is 2. The van der Waals surface area contributed by atoms with Crippen LogP contribution in [0.5, 0.6) is 5.75 Å². The van der Waals surface area contributed by atoms with Gasteiger partial charge in [-0.1, -0.05) is 43.5 Å². The molecule has 0 spiro atoms. The molecule has 2 aromatic carbocycles. The zero-order chi connectivity index (χ0) is 27.1. The number of pyridine rings is 1. The van der Waals surface area contributed by atoms with E-state index in [1.54, 1.807) is 31.4 Å². The third-order valence-electron chi connectivity index (χ3n) is 7.69. The summed E-state index contributed by atoms with van der Waals surface area (Å²) in [5, 5.41) is 9.97. The minimum absolute atomic E-state index is 0.203. The molecule has 202 valence electrons. The number of H-pyrrole nitrogens is 1. The molecular weight excluding hydrogens is 490 g/mol. The normalized spacial score (nSPS) is 15.3. The van der Waals surface area contributed by atoms with Gasteiger partial charge in [-0.05, 0) is 60.9 Å². The lowest BCUT2D eigenvalue weighted by Gasteiger charge is -2.37. The van der Waals surface area contributed by atoms with Crippen LogP contribution in [-0.2, 0) is 16.6 Å². The summed E-state index contributed by atoms with van der Waals surface area (Å²) in [6, 6.07) is 19.8. The van der Waals surface area contributed by atoms with Crippen LogP contribution in [0.25, 0.3) is 10.9 Å². The van der Waals surface area contributed by atoms with Gasteiger partial charge < -0.3 is 25.7 Å². The number of nitrogens with one attached hydrogen (secondary N) is 4. The number of hydrogen-bond acceptors (Lipinski definition) is 4. The second kappa shape index (κ2) is 12.0. The Labute approximate surface area is 228 Å². The van der Waals surface area contributed by atoms with E-state index in [1.165, 1.54) is 6.42 Å². The SMILES string of the molecule is COc1ccc(NC(=O)N[C@@H](Cc2c[nH]c3ccccc23)C(=O)NCC2(c3ccccn3)CCCCC2)cc1. The minimum atomic E-state index is -0.771. The number of aromatic nitrogens is 2. The summed E-state index contributed by atoms with van der Waals surface area (Å²) in [5.74, 6) is 0.480. The van der Waals surface area contributed by atoms with Crippen LogP contribution < -0.4 is 20.7 Å². The van der Waals surface area contributed by atoms with E-state index in [1.807, 2.05) is 48.8 Å². The van der Waals surface area contributed by atoms with Gasteiger partial charge in [0.05, 0.1) is 7.11 Å². The number of ether oxygens (including phenoxy) is 1. The molecule has 0 radical (unpaired) electrons. The van der Waals surface area contributed by atoms with Crippen molar-refractivity contribution in [3.63, 3.8) is 0 Å². The number of anilines is 1. The van der Waals surface area contributed by atoms with Gasteiger partial charge in [0.25, 0.3) is 0 Å². The Hall–Kier alpha value is -4.33. The number of aromatic amines is 1. The van der Waals surface area contributed by atoms with Gasteiger partial charge in [-0.15, -0.1) is 0 Å². The van der Waals surface area contributed by atoms with Crippen LogP contribution in [0.2, 0.25) is 0 Å². The Morgan fingerprint density at radius 3 is 2.51 bits per heavy atom. The van der Waals surface area contributed by atoms with Gasteiger partial charge in [-0.3, -0.25) is 9.78 Å². The lowest BCUT2D eigenvalue weighted by Crippen LogP contribution is -2.52. The molecular formula is C31H35N5O3. The van der Waals surface area contributed by atoms with Crippen LogP contribution in [-0.4, -0.2) is 41.6 Å². The van der Waals surface area contributed by atoms with Crippen molar-refractivity contribution in [3.8, 4) is 5.75 Å². The number of fused-ring (bicyclic) bond motifs is 1. The van der Waals surface area contributed by atoms with Crippen LogP contribution in [0.1, 0.15) is 43.4 Å². The van der Waals surface area contributed by atoms with E-state index in [2.05, 4.69) is 32.0 Å². The smallest absolute Gasteiger partial charge is 0.319 e. The van der Waals surface area contributed by atoms with Crippen LogP contribution in [0.3, 0.4) is 0 Å². The summed E-state index contributed by atoms with van der Waals surface area (Å²) in [4.78, 5) is 34.6. The highest BCUT2D eigenvalue weighted by Crippen LogP contribution is 2.38. The zero-order valence-corrected chi connectivity index (χ0v) is 22.2. The Morgan fingerprint density at radius 1 is 1.00 bits per heavy atom. The van der Waals surface area contributed by atoms with Crippen molar-refractivity contribution in [2.24, 2.45) is 0 Å². The van der Waals surface area contributed by atoms with Crippen LogP contribution in [0, 0.1) is 0 Å². The molecule has 1 aliphatic rings. The lowest BCUT2D eigenvalue weighted by molar-refractivity contribution is -0.123. The second-order valence-electron chi connectivity index (χ2n) is 10.2. The summed E-state index contributed by atoms with van der Waals surface area (Å²) < 4.78 is 5.19. The molecule has 2 aromatic heterocycles. The molecule has 8 nitrogen and oxygen atoms in total. The largest absolute Gasteiger partial charge is 0.497 e. The number of methoxy groups -OCH3 is 1. The van der Waals surface area contributed by atoms with Crippen molar-refractivity contribution >= 4 is 28.5 Å². The van der Waals surface area contributed by atoms with Crippen molar-refractivity contribution in [2.45, 2.75) is 50.0 Å². The summed E-state index contributed by atoms with van der Waals surface area (Å²) in [6.07, 6.45) is 9.43. The number of benzene rings is 2. The standard InChI is InChI=1S/C31H35N5O3/c1-39-24-14-12-23(13-15-24)35-30(38)36-27(19-22-20-33-26-10-4-3-9-25(22)26)29(37)34-21-31(16-6-2-7-17-31)28-11-5-8-18-32-28/h3-5,8-15,18,20,27,33H,2,6-7,16-17,19,21H2,1H3,(H,34,37)(H2,35,36,38)/t27-/m0/s1. The lowest BCUT2D eigenvalue weighted by atomic mass is 9.71. The average Bonchev–Trinajstić information content (AvgIpc) is 3.39. The monoisotopic (exact) mass is 525 g/mol. The van der Waals surface area contributed by atoms with E-state index in [0.29, 0.717) is 24.4 Å². The first kappa shape index (κ1) is 26.3. The molecule has 1 saturated carbocycles. The molecule has 0 unspecified atom stereocenters. The zero-order valence-electron chi connectivity index (χ0n) is 22.2. The van der Waals surface area contributed by atoms with E-state index in [4.69, 9.17) is 4.74 Å². The Bertz CT molecular complexity index is 1390. The number of carbonyl (C=O) groups is 2. The molecule has 1 fully saturated rings. The first-order valence-electron chi connectivity index (χ1n) is 13.5. The van der Waals surface area contributed by atoms with Crippen molar-refractivity contribution in [1.82, 2.24) is 20.6 Å². The van der Waals surface area contributed by atoms with Crippen molar-refractivity contribution in [2.75, 3.05) is 19.0 Å². The number of hydrogen-bond donors (Lipinski definition) is 4. The van der Waals surface area contributed by atoms with Crippen LogP contribution in [0.15, 0.2) is 79.1 Å². The first-order chi connectivity index (χ1) is 19.1. The van der Waals surface area contributed by atoms with Crippen molar-refractivity contribution in [1.29, 1.82) is 0 Å². The topological polar surface area (TPSA) is 108 Å². The summed E-state index contributed by atoms with van der Waals surface area (Å²) >= 11 is 0. The average molecular weight is 526 g/mol. The number of urea groups is 1. The van der Waals surface area contributed by atoms with E-state index in [9.17, 15) is 9.59 Å². The molecule has 3 amide bonds. The van der Waals surface area contributed by atoms with Crippen LogP contribution >= 0.6 is 0 Å². The van der Waals surface area contributed by atoms with Gasteiger partial charge in [0.2, 0.25) is 5.91 Å². The predicted molar refractivity (Wildman–Crippen MR) is 153 cm³/mol. The number of rotatable bonds is 9. The maximum atomic E-state index is 13.7. The fourth-order valence-corrected chi connectivity index (χ4v) is 5.54. The Balaban J connectivity index is 1.34. The van der Waals surface area contributed by atoms with Gasteiger partial charge in [0.15, 0.2) is 0 Å². The fraction of sp³-hybridized carbons (Fsp3) is 0.323. The van der Waals surface area contributed by atoms with E-state index in [0.717, 1.165) is 47.8 Å². The van der Waals surface area contributed by atoms with Gasteiger partial charge in [0, 0.05) is 53.1 Å². The molecule has 2 heterocycles. The molecule has 1 aliphatic carbocycles. The quantitative estimate of drug-likeness (QED) is 0.237. The molecule has 39 heavy (non-hydrogen) atoms. The van der Waals surface area contributed by atoms with E-state index in [-0.39, 0.29) is 11.3 Å². The molecule has 0 saturated heterocycles. The highest BCUT2D eigenvalue weighted by Gasteiger charge is 2.36. The molecule has 1 atom stereocenters. The van der Waals surface area contributed by atoms with Gasteiger partial charge >= 0.3 is 6.03 Å². The molecule has 8 heteroatoms. The number of nitrogens with zero attached hydrogens (tertiary/aromatic N) is 1. The van der Waals surface area contributed by atoms with Gasteiger partial charge in [0.1, 0.15) is 11.8 Å². The number of para-hydroxylation sites is 1. The highest BCUT2D eigenvalue weighted by molar-refractivity contribution is 5.94. The molecule has 4 N–H and O–H groups in total. The fourth-order valence-electron chi connectivity index (χ4n) is 5.54.